The summed E-state index contributed by atoms with van der Waals surface area (Å²) in [6.45, 7) is 2.62. The fourth-order valence-electron chi connectivity index (χ4n) is 2.79. The number of carbonyl (C=O) groups is 2. The van der Waals surface area contributed by atoms with Gasteiger partial charge in [-0.25, -0.2) is 0 Å². The number of carboxylic acids is 1. The normalized spacial score (nSPS) is 22.9. The van der Waals surface area contributed by atoms with Gasteiger partial charge in [-0.3, -0.25) is 9.59 Å². The molecule has 116 valence electrons. The molecule has 1 N–H and O–H groups in total. The fraction of sp³-hybridized carbons (Fsp3) is 0.875. The van der Waals surface area contributed by atoms with Crippen molar-refractivity contribution < 1.29 is 19.4 Å². The molecule has 1 unspecified atom stereocenters. The van der Waals surface area contributed by atoms with Crippen LogP contribution >= 0.6 is 0 Å². The van der Waals surface area contributed by atoms with Crippen LogP contribution in [-0.4, -0.2) is 30.1 Å². The van der Waals surface area contributed by atoms with Gasteiger partial charge >= 0.3 is 5.97 Å². The van der Waals surface area contributed by atoms with Gasteiger partial charge in [-0.05, 0) is 6.42 Å². The fourth-order valence-corrected chi connectivity index (χ4v) is 2.79. The van der Waals surface area contributed by atoms with Crippen molar-refractivity contribution in [1.29, 1.82) is 0 Å². The van der Waals surface area contributed by atoms with Gasteiger partial charge in [-0.2, -0.15) is 0 Å². The molecule has 4 heteroatoms. The Morgan fingerprint density at radius 2 is 1.75 bits per heavy atom. The minimum Gasteiger partial charge on any atom is -0.480 e. The zero-order chi connectivity index (χ0) is 14.8. The number of carboxylic acid groups (broad SMARTS) is 1. The van der Waals surface area contributed by atoms with Crippen LogP contribution in [0.2, 0.25) is 0 Å². The Hall–Kier alpha value is -0.900. The van der Waals surface area contributed by atoms with Gasteiger partial charge in [0.1, 0.15) is 5.41 Å². The highest BCUT2D eigenvalue weighted by Crippen LogP contribution is 2.32. The summed E-state index contributed by atoms with van der Waals surface area (Å²) in [7, 11) is 0. The minimum atomic E-state index is -1.26. The zero-order valence-corrected chi connectivity index (χ0v) is 12.7. The van der Waals surface area contributed by atoms with E-state index < -0.39 is 11.4 Å². The topological polar surface area (TPSA) is 63.6 Å². The third-order valence-electron chi connectivity index (χ3n) is 4.22. The van der Waals surface area contributed by atoms with Crippen molar-refractivity contribution in [2.75, 3.05) is 13.2 Å². The van der Waals surface area contributed by atoms with E-state index >= 15 is 0 Å². The van der Waals surface area contributed by atoms with E-state index in [2.05, 4.69) is 6.92 Å². The second-order valence-electron chi connectivity index (χ2n) is 5.84. The molecule has 0 aliphatic carbocycles. The molecule has 0 saturated carbocycles. The van der Waals surface area contributed by atoms with Crippen LogP contribution < -0.4 is 0 Å². The average Bonchev–Trinajstić information content (AvgIpc) is 2.43. The van der Waals surface area contributed by atoms with Crippen LogP contribution in [0, 0.1) is 5.41 Å². The maximum Gasteiger partial charge on any atom is 0.319 e. The van der Waals surface area contributed by atoms with E-state index in [0.717, 1.165) is 19.3 Å². The molecule has 0 bridgehead atoms. The molecule has 1 heterocycles. The molecular weight excluding hydrogens is 256 g/mol. The Kier molecular flexibility index (Phi) is 7.82. The van der Waals surface area contributed by atoms with Gasteiger partial charge in [0.2, 0.25) is 0 Å². The maximum atomic E-state index is 11.9. The molecule has 0 radical (unpaired) electrons. The summed E-state index contributed by atoms with van der Waals surface area (Å²) in [6, 6.07) is 0. The molecule has 0 aromatic heterocycles. The van der Waals surface area contributed by atoms with Gasteiger partial charge in [0.25, 0.3) is 0 Å². The maximum absolute atomic E-state index is 11.9. The Balaban J connectivity index is 2.23. The second kappa shape index (κ2) is 9.11. The molecule has 0 amide bonds. The van der Waals surface area contributed by atoms with E-state index in [4.69, 9.17) is 4.74 Å². The molecule has 0 spiro atoms. The van der Waals surface area contributed by atoms with Crippen LogP contribution in [0.1, 0.15) is 71.1 Å². The van der Waals surface area contributed by atoms with E-state index in [1.807, 2.05) is 0 Å². The van der Waals surface area contributed by atoms with Crippen molar-refractivity contribution in [2.24, 2.45) is 5.41 Å². The summed E-state index contributed by atoms with van der Waals surface area (Å²) in [5.41, 5.74) is -1.26. The van der Waals surface area contributed by atoms with Gasteiger partial charge in [-0.1, -0.05) is 58.3 Å². The lowest BCUT2D eigenvalue weighted by atomic mass is 9.77. The highest BCUT2D eigenvalue weighted by molar-refractivity contribution is 6.03. The SMILES string of the molecule is CCCCCCCCCCC1(C(=O)O)COCCC1=O. The number of hydrogen-bond donors (Lipinski definition) is 1. The molecule has 20 heavy (non-hydrogen) atoms. The number of aliphatic carboxylic acids is 1. The van der Waals surface area contributed by atoms with E-state index in [1.165, 1.54) is 32.1 Å². The molecule has 1 atom stereocenters. The highest BCUT2D eigenvalue weighted by Gasteiger charge is 2.47. The second-order valence-corrected chi connectivity index (χ2v) is 5.84. The number of ketones is 1. The number of ether oxygens (including phenoxy) is 1. The molecule has 1 saturated heterocycles. The molecule has 1 rings (SSSR count). The van der Waals surface area contributed by atoms with Gasteiger partial charge in [0.15, 0.2) is 5.78 Å². The first-order valence-electron chi connectivity index (χ1n) is 7.98. The number of unbranched alkanes of at least 4 members (excludes halogenated alkanes) is 7. The van der Waals surface area contributed by atoms with Crippen LogP contribution in [0.25, 0.3) is 0 Å². The Labute approximate surface area is 121 Å². The van der Waals surface area contributed by atoms with Gasteiger partial charge in [0, 0.05) is 6.42 Å². The number of carbonyl (C=O) groups excluding carboxylic acids is 1. The molecule has 4 nitrogen and oxygen atoms in total. The Morgan fingerprint density at radius 1 is 1.15 bits per heavy atom. The van der Waals surface area contributed by atoms with Crippen LogP contribution in [0.3, 0.4) is 0 Å². The van der Waals surface area contributed by atoms with Crippen molar-refractivity contribution in [3.8, 4) is 0 Å². The zero-order valence-electron chi connectivity index (χ0n) is 12.7. The lowest BCUT2D eigenvalue weighted by Crippen LogP contribution is -2.47. The van der Waals surface area contributed by atoms with E-state index in [1.54, 1.807) is 0 Å². The molecule has 1 aliphatic heterocycles. The first-order valence-corrected chi connectivity index (χ1v) is 7.98. The van der Waals surface area contributed by atoms with E-state index in [0.29, 0.717) is 13.0 Å². The standard InChI is InChI=1S/C16H28O4/c1-2-3-4-5-6-7-8-9-11-16(15(18)19)13-20-12-10-14(16)17/h2-13H2,1H3,(H,18,19). The van der Waals surface area contributed by atoms with Crippen LogP contribution in [-0.2, 0) is 14.3 Å². The molecule has 0 aromatic carbocycles. The van der Waals surface area contributed by atoms with Crippen LogP contribution in [0.5, 0.6) is 0 Å². The summed E-state index contributed by atoms with van der Waals surface area (Å²) >= 11 is 0. The van der Waals surface area contributed by atoms with Crippen molar-refractivity contribution in [2.45, 2.75) is 71.1 Å². The summed E-state index contributed by atoms with van der Waals surface area (Å²) < 4.78 is 5.24. The summed E-state index contributed by atoms with van der Waals surface area (Å²) in [5, 5.41) is 9.36. The summed E-state index contributed by atoms with van der Waals surface area (Å²) in [5.74, 6) is -1.16. The molecule has 1 aliphatic rings. The quantitative estimate of drug-likeness (QED) is 0.492. The van der Waals surface area contributed by atoms with Crippen molar-refractivity contribution >= 4 is 11.8 Å². The lowest BCUT2D eigenvalue weighted by Gasteiger charge is -2.31. The third kappa shape index (κ3) is 4.89. The lowest BCUT2D eigenvalue weighted by molar-refractivity contribution is -0.165. The molecule has 0 aromatic rings. The summed E-state index contributed by atoms with van der Waals surface area (Å²) in [6.07, 6.45) is 9.93. The predicted octanol–water partition coefficient (Wildman–Crippen LogP) is 3.58. The highest BCUT2D eigenvalue weighted by atomic mass is 16.5. The largest absolute Gasteiger partial charge is 0.480 e. The summed E-state index contributed by atoms with van der Waals surface area (Å²) in [4.78, 5) is 23.4. The Morgan fingerprint density at radius 3 is 2.30 bits per heavy atom. The average molecular weight is 284 g/mol. The van der Waals surface area contributed by atoms with Gasteiger partial charge in [-0.15, -0.1) is 0 Å². The van der Waals surface area contributed by atoms with E-state index in [-0.39, 0.29) is 18.8 Å². The predicted molar refractivity (Wildman–Crippen MR) is 77.7 cm³/mol. The van der Waals surface area contributed by atoms with Crippen LogP contribution in [0.4, 0.5) is 0 Å². The number of hydrogen-bond acceptors (Lipinski definition) is 3. The monoisotopic (exact) mass is 284 g/mol. The van der Waals surface area contributed by atoms with Crippen molar-refractivity contribution in [1.82, 2.24) is 0 Å². The van der Waals surface area contributed by atoms with Gasteiger partial charge in [0.05, 0.1) is 13.2 Å². The smallest absolute Gasteiger partial charge is 0.319 e. The van der Waals surface area contributed by atoms with E-state index in [9.17, 15) is 14.7 Å². The van der Waals surface area contributed by atoms with Gasteiger partial charge < -0.3 is 9.84 Å². The first kappa shape index (κ1) is 17.2. The van der Waals surface area contributed by atoms with Crippen molar-refractivity contribution in [3.05, 3.63) is 0 Å². The minimum absolute atomic E-state index is 0.0532. The van der Waals surface area contributed by atoms with Crippen molar-refractivity contribution in [3.63, 3.8) is 0 Å². The first-order chi connectivity index (χ1) is 9.63. The number of rotatable bonds is 10. The number of Topliss-reactive ketones (excluding diaryl/α,β-unsaturated/α-hetero) is 1. The molecular formula is C16H28O4. The Bertz CT molecular complexity index is 314. The molecule has 1 fully saturated rings. The third-order valence-corrected chi connectivity index (χ3v) is 4.22. The van der Waals surface area contributed by atoms with Crippen LogP contribution in [0.15, 0.2) is 0 Å².